The van der Waals surface area contributed by atoms with Gasteiger partial charge in [-0.15, -0.1) is 12.3 Å². The van der Waals surface area contributed by atoms with Gasteiger partial charge in [0.25, 0.3) is 0 Å². The molecule has 2 aliphatic rings. The average molecular weight is 340 g/mol. The zero-order valence-corrected chi connectivity index (χ0v) is 14.9. The van der Waals surface area contributed by atoms with Crippen molar-refractivity contribution < 1.29 is 4.79 Å². The Balaban J connectivity index is 1.47. The highest BCUT2D eigenvalue weighted by molar-refractivity contribution is 5.76. The number of nitrogens with zero attached hydrogens (tertiary/aromatic N) is 6. The van der Waals surface area contributed by atoms with Crippen LogP contribution in [-0.2, 0) is 4.79 Å². The number of aromatic nitrogens is 2. The number of aryl methyl sites for hydroxylation is 2. The van der Waals surface area contributed by atoms with Gasteiger partial charge in [-0.25, -0.2) is 9.97 Å². The summed E-state index contributed by atoms with van der Waals surface area (Å²) in [5, 5.41) is 8.18. The van der Waals surface area contributed by atoms with E-state index in [-0.39, 0.29) is 11.6 Å². The molecule has 7 heteroatoms. The first-order valence-electron chi connectivity index (χ1n) is 8.74. The smallest absolute Gasteiger partial charge is 0.225 e. The Morgan fingerprint density at radius 3 is 2.36 bits per heavy atom. The third-order valence-electron chi connectivity index (χ3n) is 4.68. The lowest BCUT2D eigenvalue weighted by Gasteiger charge is -2.35. The largest absolute Gasteiger partial charge is 0.339 e. The number of rotatable bonds is 6. The molecule has 1 fully saturated rings. The Kier molecular flexibility index (Phi) is 4.98. The van der Waals surface area contributed by atoms with Gasteiger partial charge in [-0.3, -0.25) is 4.79 Å². The van der Waals surface area contributed by atoms with Gasteiger partial charge >= 0.3 is 0 Å². The van der Waals surface area contributed by atoms with Gasteiger partial charge < -0.3 is 9.80 Å². The van der Waals surface area contributed by atoms with Crippen molar-refractivity contribution in [2.75, 3.05) is 31.1 Å². The highest BCUT2D eigenvalue weighted by Gasteiger charge is 2.39. The number of piperazine rings is 1. The van der Waals surface area contributed by atoms with Crippen LogP contribution in [0, 0.1) is 26.2 Å². The second-order valence-corrected chi connectivity index (χ2v) is 6.71. The first-order valence-corrected chi connectivity index (χ1v) is 8.74. The molecule has 1 saturated heterocycles. The van der Waals surface area contributed by atoms with Crippen LogP contribution in [0.5, 0.6) is 0 Å². The van der Waals surface area contributed by atoms with Crippen LogP contribution >= 0.6 is 0 Å². The van der Waals surface area contributed by atoms with E-state index in [1.165, 1.54) is 0 Å². The molecule has 0 spiro atoms. The molecule has 3 heterocycles. The molecule has 0 atom stereocenters. The lowest BCUT2D eigenvalue weighted by atomic mass is 10.0. The fourth-order valence-corrected chi connectivity index (χ4v) is 3.14. The van der Waals surface area contributed by atoms with Crippen LogP contribution in [0.15, 0.2) is 16.3 Å². The van der Waals surface area contributed by atoms with E-state index in [2.05, 4.69) is 31.0 Å². The first kappa shape index (κ1) is 17.3. The number of carbonyl (C=O) groups is 1. The van der Waals surface area contributed by atoms with Gasteiger partial charge in [-0.2, -0.15) is 10.2 Å². The fourth-order valence-electron chi connectivity index (χ4n) is 3.14. The summed E-state index contributed by atoms with van der Waals surface area (Å²) in [5.41, 5.74) is 1.56. The molecule has 1 aromatic heterocycles. The molecule has 7 nitrogen and oxygen atoms in total. The Hall–Kier alpha value is -2.49. The fraction of sp³-hybridized carbons (Fsp3) is 0.611. The summed E-state index contributed by atoms with van der Waals surface area (Å²) in [6.07, 6.45) is 7.82. The normalized spacial score (nSPS) is 18.1. The molecule has 0 unspecified atom stereocenters. The van der Waals surface area contributed by atoms with Crippen LogP contribution in [0.4, 0.5) is 5.95 Å². The van der Waals surface area contributed by atoms with Crippen LogP contribution in [0.2, 0.25) is 0 Å². The number of terminal acetylenes is 1. The topological polar surface area (TPSA) is 74.1 Å². The van der Waals surface area contributed by atoms with Crippen molar-refractivity contribution in [2.24, 2.45) is 10.2 Å². The molecule has 3 rings (SSSR count). The monoisotopic (exact) mass is 340 g/mol. The molecule has 0 saturated carbocycles. The highest BCUT2D eigenvalue weighted by Crippen LogP contribution is 2.37. The molecule has 25 heavy (non-hydrogen) atoms. The minimum absolute atomic E-state index is 0.165. The Morgan fingerprint density at radius 1 is 1.16 bits per heavy atom. The summed E-state index contributed by atoms with van der Waals surface area (Å²) in [6.45, 7) is 6.85. The van der Waals surface area contributed by atoms with Gasteiger partial charge in [0.05, 0.1) is 0 Å². The number of carbonyl (C=O) groups excluding carboxylic acids is 1. The van der Waals surface area contributed by atoms with Crippen LogP contribution in [0.25, 0.3) is 0 Å². The van der Waals surface area contributed by atoms with Gasteiger partial charge in [0.2, 0.25) is 11.9 Å². The predicted molar refractivity (Wildman–Crippen MR) is 95.2 cm³/mol. The summed E-state index contributed by atoms with van der Waals surface area (Å²) in [5.74, 6) is 3.53. The lowest BCUT2D eigenvalue weighted by Crippen LogP contribution is -2.49. The van der Waals surface area contributed by atoms with Gasteiger partial charge in [0.15, 0.2) is 5.66 Å². The second kappa shape index (κ2) is 7.18. The quantitative estimate of drug-likeness (QED) is 0.743. The maximum absolute atomic E-state index is 12.5. The predicted octanol–water partition coefficient (Wildman–Crippen LogP) is 2.10. The van der Waals surface area contributed by atoms with Crippen LogP contribution in [0.1, 0.15) is 37.1 Å². The highest BCUT2D eigenvalue weighted by atomic mass is 16.2. The molecular weight excluding hydrogens is 316 g/mol. The molecule has 1 amide bonds. The number of hydrogen-bond donors (Lipinski definition) is 0. The van der Waals surface area contributed by atoms with Crippen molar-refractivity contribution in [3.8, 4) is 12.3 Å². The van der Waals surface area contributed by atoms with Gasteiger partial charge in [-0.05, 0) is 19.9 Å². The molecule has 0 aliphatic carbocycles. The van der Waals surface area contributed by atoms with E-state index in [4.69, 9.17) is 6.42 Å². The minimum atomic E-state index is -0.378. The van der Waals surface area contributed by atoms with Crippen molar-refractivity contribution in [2.45, 2.75) is 45.2 Å². The Labute approximate surface area is 148 Å². The number of amides is 1. The summed E-state index contributed by atoms with van der Waals surface area (Å²) in [6, 6.07) is 1.97. The Morgan fingerprint density at radius 2 is 1.80 bits per heavy atom. The molecule has 0 aromatic carbocycles. The van der Waals surface area contributed by atoms with Gasteiger partial charge in [0, 0.05) is 63.3 Å². The van der Waals surface area contributed by atoms with E-state index in [0.29, 0.717) is 32.4 Å². The van der Waals surface area contributed by atoms with E-state index in [9.17, 15) is 4.79 Å². The van der Waals surface area contributed by atoms with E-state index in [1.54, 1.807) is 0 Å². The van der Waals surface area contributed by atoms with Crippen molar-refractivity contribution >= 4 is 11.9 Å². The third kappa shape index (κ3) is 4.32. The van der Waals surface area contributed by atoms with Crippen molar-refractivity contribution in [3.63, 3.8) is 0 Å². The molecule has 0 bridgehead atoms. The van der Waals surface area contributed by atoms with E-state index in [1.807, 2.05) is 24.8 Å². The summed E-state index contributed by atoms with van der Waals surface area (Å²) >= 11 is 0. The SMILES string of the molecule is C#CCCC1(CCC(=O)N2CCN(c3nc(C)cc(C)n3)CC2)N=N1. The minimum Gasteiger partial charge on any atom is -0.339 e. The molecule has 1 aromatic rings. The zero-order chi connectivity index (χ0) is 17.9. The molecule has 0 radical (unpaired) electrons. The molecule has 132 valence electrons. The van der Waals surface area contributed by atoms with E-state index < -0.39 is 0 Å². The van der Waals surface area contributed by atoms with Crippen molar-refractivity contribution in [3.05, 3.63) is 17.5 Å². The number of anilines is 1. The zero-order valence-electron chi connectivity index (χ0n) is 14.9. The molecular formula is C18H24N6O. The molecule has 2 aliphatic heterocycles. The maximum Gasteiger partial charge on any atom is 0.225 e. The first-order chi connectivity index (χ1) is 12.0. The van der Waals surface area contributed by atoms with Crippen LogP contribution in [-0.4, -0.2) is 52.6 Å². The standard InChI is InChI=1S/C18H24N6O/c1-4-5-7-18(21-22-18)8-6-16(25)23-9-11-24(12-10-23)17-19-14(2)13-15(3)20-17/h1,13H,5-12H2,2-3H3. The van der Waals surface area contributed by atoms with Gasteiger partial charge in [0.1, 0.15) is 0 Å². The van der Waals surface area contributed by atoms with Crippen molar-refractivity contribution in [1.82, 2.24) is 14.9 Å². The summed E-state index contributed by atoms with van der Waals surface area (Å²) in [4.78, 5) is 25.5. The maximum atomic E-state index is 12.5. The number of hydrogen-bond acceptors (Lipinski definition) is 6. The average Bonchev–Trinajstić information content (AvgIpc) is 3.37. The molecule has 0 N–H and O–H groups in total. The van der Waals surface area contributed by atoms with E-state index >= 15 is 0 Å². The second-order valence-electron chi connectivity index (χ2n) is 6.71. The third-order valence-corrected chi connectivity index (χ3v) is 4.68. The van der Waals surface area contributed by atoms with Crippen LogP contribution < -0.4 is 4.90 Å². The summed E-state index contributed by atoms with van der Waals surface area (Å²) < 4.78 is 0. The Bertz CT molecular complexity index is 689. The van der Waals surface area contributed by atoms with Gasteiger partial charge in [-0.1, -0.05) is 0 Å². The van der Waals surface area contributed by atoms with E-state index in [0.717, 1.165) is 36.8 Å². The van der Waals surface area contributed by atoms with Crippen molar-refractivity contribution in [1.29, 1.82) is 0 Å². The van der Waals surface area contributed by atoms with Crippen LogP contribution in [0.3, 0.4) is 0 Å². The lowest BCUT2D eigenvalue weighted by molar-refractivity contribution is -0.131. The summed E-state index contributed by atoms with van der Waals surface area (Å²) in [7, 11) is 0.